The molecule has 0 spiro atoms. The lowest BCUT2D eigenvalue weighted by Crippen LogP contribution is -2.39. The summed E-state index contributed by atoms with van der Waals surface area (Å²) < 4.78 is 5.01. The molecule has 1 saturated carbocycles. The Morgan fingerprint density at radius 3 is 2.44 bits per heavy atom. The molecule has 0 aliphatic heterocycles. The highest BCUT2D eigenvalue weighted by Crippen LogP contribution is 2.27. The predicted octanol–water partition coefficient (Wildman–Crippen LogP) is 0.720. The summed E-state index contributed by atoms with van der Waals surface area (Å²) >= 11 is 0. The van der Waals surface area contributed by atoms with Gasteiger partial charge in [-0.25, -0.2) is 4.79 Å². The van der Waals surface area contributed by atoms with E-state index in [-0.39, 0.29) is 12.0 Å². The Balaban J connectivity index is 2.51. The first-order valence-electron chi connectivity index (χ1n) is 5.19. The Hall–Kier alpha value is -1.36. The molecule has 5 heteroatoms. The lowest BCUT2D eigenvalue weighted by atomic mass is 9.85. The van der Waals surface area contributed by atoms with Gasteiger partial charge in [-0.05, 0) is 26.2 Å². The highest BCUT2D eigenvalue weighted by molar-refractivity contribution is 5.87. The Labute approximate surface area is 93.7 Å². The quantitative estimate of drug-likeness (QED) is 0.549. The molecule has 0 aromatic rings. The van der Waals surface area contributed by atoms with Crippen molar-refractivity contribution in [1.29, 1.82) is 0 Å². The van der Waals surface area contributed by atoms with Gasteiger partial charge in [0, 0.05) is 5.57 Å². The first-order valence-corrected chi connectivity index (χ1v) is 5.19. The largest absolute Gasteiger partial charge is 0.481 e. The number of carbonyl (C=O) groups excluding carboxylic acids is 1. The summed E-state index contributed by atoms with van der Waals surface area (Å²) in [6, 6.07) is 0. The van der Waals surface area contributed by atoms with E-state index >= 15 is 0 Å². The maximum Gasteiger partial charge on any atom is 0.333 e. The molecule has 0 radical (unpaired) electrons. The van der Waals surface area contributed by atoms with Crippen LogP contribution in [0.1, 0.15) is 26.2 Å². The number of carboxylic acid groups (broad SMARTS) is 1. The fraction of sp³-hybridized carbons (Fsp3) is 0.636. The normalized spacial score (nSPS) is 29.5. The second-order valence-electron chi connectivity index (χ2n) is 4.14. The van der Waals surface area contributed by atoms with E-state index in [1.165, 1.54) is 6.92 Å². The number of aliphatic hydroxyl groups excluding tert-OH is 1. The zero-order chi connectivity index (χ0) is 12.3. The lowest BCUT2D eigenvalue weighted by Gasteiger charge is -2.30. The van der Waals surface area contributed by atoms with Gasteiger partial charge in [-0.1, -0.05) is 6.58 Å². The van der Waals surface area contributed by atoms with Gasteiger partial charge >= 0.3 is 11.9 Å². The lowest BCUT2D eigenvalue weighted by molar-refractivity contribution is -0.157. The molecule has 90 valence electrons. The molecule has 3 atom stereocenters. The van der Waals surface area contributed by atoms with Gasteiger partial charge in [-0.15, -0.1) is 0 Å². The molecular formula is C11H16O5. The van der Waals surface area contributed by atoms with Gasteiger partial charge in [0.1, 0.15) is 6.10 Å². The van der Waals surface area contributed by atoms with Crippen LogP contribution in [0, 0.1) is 5.92 Å². The SMILES string of the molecule is C=C(C)C(=O)OC1CCC(C(=O)O)CC1O. The minimum absolute atomic E-state index is 0.128. The van der Waals surface area contributed by atoms with E-state index in [1.807, 2.05) is 0 Å². The molecule has 16 heavy (non-hydrogen) atoms. The summed E-state index contributed by atoms with van der Waals surface area (Å²) in [6.45, 7) is 4.96. The molecule has 5 nitrogen and oxygen atoms in total. The highest BCUT2D eigenvalue weighted by atomic mass is 16.6. The van der Waals surface area contributed by atoms with Crippen LogP contribution in [0.2, 0.25) is 0 Å². The molecule has 2 N–H and O–H groups in total. The van der Waals surface area contributed by atoms with Crippen molar-refractivity contribution < 1.29 is 24.5 Å². The Morgan fingerprint density at radius 1 is 1.38 bits per heavy atom. The van der Waals surface area contributed by atoms with E-state index in [0.29, 0.717) is 12.8 Å². The summed E-state index contributed by atoms with van der Waals surface area (Å²) in [6.07, 6.45) is -0.598. The van der Waals surface area contributed by atoms with Gasteiger partial charge in [0.15, 0.2) is 0 Å². The summed E-state index contributed by atoms with van der Waals surface area (Å²) in [5.41, 5.74) is 0.271. The number of carboxylic acids is 1. The van der Waals surface area contributed by atoms with Crippen LogP contribution in [0.5, 0.6) is 0 Å². The average Bonchev–Trinajstić information content (AvgIpc) is 2.20. The van der Waals surface area contributed by atoms with Gasteiger partial charge in [0.05, 0.1) is 12.0 Å². The van der Waals surface area contributed by atoms with Crippen LogP contribution in [-0.4, -0.2) is 34.4 Å². The van der Waals surface area contributed by atoms with E-state index in [4.69, 9.17) is 9.84 Å². The zero-order valence-corrected chi connectivity index (χ0v) is 9.18. The molecule has 0 amide bonds. The molecule has 1 rings (SSSR count). The molecule has 1 fully saturated rings. The molecule has 0 saturated heterocycles. The molecule has 0 heterocycles. The van der Waals surface area contributed by atoms with E-state index < -0.39 is 30.1 Å². The van der Waals surface area contributed by atoms with Crippen LogP contribution in [0.15, 0.2) is 12.2 Å². The standard InChI is InChI=1S/C11H16O5/c1-6(2)11(15)16-9-4-3-7(10(13)14)5-8(9)12/h7-9,12H,1,3-5H2,2H3,(H,13,14). The summed E-state index contributed by atoms with van der Waals surface area (Å²) in [5.74, 6) is -2.00. The first-order chi connectivity index (χ1) is 7.41. The molecular weight excluding hydrogens is 212 g/mol. The monoisotopic (exact) mass is 228 g/mol. The summed E-state index contributed by atoms with van der Waals surface area (Å²) in [7, 11) is 0. The summed E-state index contributed by atoms with van der Waals surface area (Å²) in [4.78, 5) is 21.9. The van der Waals surface area contributed by atoms with Crippen molar-refractivity contribution in [2.45, 2.75) is 38.4 Å². The fourth-order valence-electron chi connectivity index (χ4n) is 1.72. The molecule has 1 aliphatic carbocycles. The predicted molar refractivity (Wildman–Crippen MR) is 55.7 cm³/mol. The van der Waals surface area contributed by atoms with E-state index in [0.717, 1.165) is 0 Å². The van der Waals surface area contributed by atoms with Crippen LogP contribution in [0.25, 0.3) is 0 Å². The number of esters is 1. The van der Waals surface area contributed by atoms with E-state index in [1.54, 1.807) is 0 Å². The number of rotatable bonds is 3. The van der Waals surface area contributed by atoms with Crippen molar-refractivity contribution in [1.82, 2.24) is 0 Å². The Morgan fingerprint density at radius 2 is 2.00 bits per heavy atom. The Kier molecular flexibility index (Phi) is 4.06. The van der Waals surface area contributed by atoms with Crippen molar-refractivity contribution in [3.05, 3.63) is 12.2 Å². The van der Waals surface area contributed by atoms with Gasteiger partial charge in [0.2, 0.25) is 0 Å². The smallest absolute Gasteiger partial charge is 0.333 e. The third-order valence-corrected chi connectivity index (χ3v) is 2.71. The number of hydrogen-bond acceptors (Lipinski definition) is 4. The minimum atomic E-state index is -0.913. The van der Waals surface area contributed by atoms with Gasteiger partial charge < -0.3 is 14.9 Å². The number of aliphatic hydroxyl groups is 1. The Bertz CT molecular complexity index is 309. The van der Waals surface area contributed by atoms with Crippen molar-refractivity contribution in [3.63, 3.8) is 0 Å². The third-order valence-electron chi connectivity index (χ3n) is 2.71. The van der Waals surface area contributed by atoms with Crippen LogP contribution >= 0.6 is 0 Å². The number of hydrogen-bond donors (Lipinski definition) is 2. The first kappa shape index (κ1) is 12.7. The minimum Gasteiger partial charge on any atom is -0.481 e. The third kappa shape index (κ3) is 3.06. The maximum atomic E-state index is 11.2. The van der Waals surface area contributed by atoms with Crippen molar-refractivity contribution >= 4 is 11.9 Å². The van der Waals surface area contributed by atoms with E-state index in [9.17, 15) is 14.7 Å². The number of aliphatic carboxylic acids is 1. The zero-order valence-electron chi connectivity index (χ0n) is 9.18. The maximum absolute atomic E-state index is 11.2. The van der Waals surface area contributed by atoms with Crippen molar-refractivity contribution in [3.8, 4) is 0 Å². The second-order valence-corrected chi connectivity index (χ2v) is 4.14. The van der Waals surface area contributed by atoms with E-state index in [2.05, 4.69) is 6.58 Å². The average molecular weight is 228 g/mol. The van der Waals surface area contributed by atoms with Gasteiger partial charge in [0.25, 0.3) is 0 Å². The van der Waals surface area contributed by atoms with Gasteiger partial charge in [-0.2, -0.15) is 0 Å². The van der Waals surface area contributed by atoms with Crippen molar-refractivity contribution in [2.75, 3.05) is 0 Å². The number of ether oxygens (including phenoxy) is 1. The number of carbonyl (C=O) groups is 2. The fourth-order valence-corrected chi connectivity index (χ4v) is 1.72. The van der Waals surface area contributed by atoms with Crippen LogP contribution < -0.4 is 0 Å². The molecule has 0 aromatic heterocycles. The molecule has 0 aromatic carbocycles. The topological polar surface area (TPSA) is 83.8 Å². The highest BCUT2D eigenvalue weighted by Gasteiger charge is 2.34. The van der Waals surface area contributed by atoms with Crippen LogP contribution in [-0.2, 0) is 14.3 Å². The van der Waals surface area contributed by atoms with Crippen LogP contribution in [0.4, 0.5) is 0 Å². The second kappa shape index (κ2) is 5.12. The molecule has 0 bridgehead atoms. The molecule has 1 aliphatic rings. The van der Waals surface area contributed by atoms with Gasteiger partial charge in [-0.3, -0.25) is 4.79 Å². The summed E-state index contributed by atoms with van der Waals surface area (Å²) in [5, 5.41) is 18.4. The van der Waals surface area contributed by atoms with Crippen molar-refractivity contribution in [2.24, 2.45) is 5.92 Å². The van der Waals surface area contributed by atoms with Crippen LogP contribution in [0.3, 0.4) is 0 Å². The molecule has 3 unspecified atom stereocenters.